The van der Waals surface area contributed by atoms with Gasteiger partial charge in [-0.25, -0.2) is 0 Å². The molecule has 5 nitrogen and oxygen atoms in total. The number of halogens is 1. The maximum Gasteiger partial charge on any atom is 0.205 e. The number of nitrogens with zero attached hydrogens (tertiary/aromatic N) is 4. The lowest BCUT2D eigenvalue weighted by Gasteiger charge is -2.26. The van der Waals surface area contributed by atoms with Crippen LogP contribution in [0.4, 0.5) is 5.13 Å². The topological polar surface area (TPSA) is 53.9 Å². The molecule has 2 aromatic heterocycles. The number of piperazine rings is 1. The molecule has 94 valence electrons. The van der Waals surface area contributed by atoms with Gasteiger partial charge < -0.3 is 10.2 Å². The lowest BCUT2D eigenvalue weighted by atomic mass is 10.3. The predicted molar refractivity (Wildman–Crippen MR) is 73.2 cm³/mol. The zero-order valence-corrected chi connectivity index (χ0v) is 11.2. The van der Waals surface area contributed by atoms with Crippen LogP contribution in [0.1, 0.15) is 0 Å². The van der Waals surface area contributed by atoms with Crippen molar-refractivity contribution < 1.29 is 0 Å². The van der Waals surface area contributed by atoms with Gasteiger partial charge in [0.25, 0.3) is 0 Å². The summed E-state index contributed by atoms with van der Waals surface area (Å²) in [6, 6.07) is 3.53. The average molecular weight is 282 g/mol. The van der Waals surface area contributed by atoms with Crippen LogP contribution in [0.3, 0.4) is 0 Å². The standard InChI is InChI=1S/C11H12ClN5S/c12-8-1-2-14-9(7-8)10-15-11(18-16-10)17-5-3-13-4-6-17/h1-2,7,13H,3-6H2. The third-order valence-electron chi connectivity index (χ3n) is 2.75. The number of aromatic nitrogens is 3. The Morgan fingerprint density at radius 3 is 2.94 bits per heavy atom. The van der Waals surface area contributed by atoms with Gasteiger partial charge in [0.05, 0.1) is 0 Å². The molecule has 0 atom stereocenters. The van der Waals surface area contributed by atoms with Crippen molar-refractivity contribution in [3.8, 4) is 11.5 Å². The summed E-state index contributed by atoms with van der Waals surface area (Å²) in [6.07, 6.45) is 1.67. The summed E-state index contributed by atoms with van der Waals surface area (Å²) in [5.74, 6) is 0.649. The smallest absolute Gasteiger partial charge is 0.205 e. The Hall–Kier alpha value is -1.24. The van der Waals surface area contributed by atoms with E-state index < -0.39 is 0 Å². The summed E-state index contributed by atoms with van der Waals surface area (Å²) >= 11 is 7.35. The van der Waals surface area contributed by atoms with Crippen molar-refractivity contribution in [1.29, 1.82) is 0 Å². The molecule has 1 saturated heterocycles. The molecular formula is C11H12ClN5S. The second-order valence-electron chi connectivity index (χ2n) is 4.00. The summed E-state index contributed by atoms with van der Waals surface area (Å²) in [6.45, 7) is 3.92. The van der Waals surface area contributed by atoms with E-state index >= 15 is 0 Å². The summed E-state index contributed by atoms with van der Waals surface area (Å²) in [5.41, 5.74) is 0.722. The molecular weight excluding hydrogens is 270 g/mol. The highest BCUT2D eigenvalue weighted by molar-refractivity contribution is 7.09. The lowest BCUT2D eigenvalue weighted by molar-refractivity contribution is 0.588. The molecule has 0 bridgehead atoms. The number of anilines is 1. The van der Waals surface area contributed by atoms with E-state index in [1.165, 1.54) is 11.5 Å². The summed E-state index contributed by atoms with van der Waals surface area (Å²) < 4.78 is 4.35. The van der Waals surface area contributed by atoms with Gasteiger partial charge in [-0.3, -0.25) is 4.98 Å². The fraction of sp³-hybridized carbons (Fsp3) is 0.364. The van der Waals surface area contributed by atoms with Gasteiger partial charge in [-0.1, -0.05) is 11.6 Å². The van der Waals surface area contributed by atoms with Crippen molar-refractivity contribution in [2.45, 2.75) is 0 Å². The molecule has 0 aromatic carbocycles. The molecule has 2 aromatic rings. The predicted octanol–water partition coefficient (Wildman–Crippen LogP) is 1.66. The van der Waals surface area contributed by atoms with Crippen LogP contribution in [-0.4, -0.2) is 40.5 Å². The van der Waals surface area contributed by atoms with Crippen molar-refractivity contribution in [2.24, 2.45) is 0 Å². The lowest BCUT2D eigenvalue weighted by Crippen LogP contribution is -2.43. The van der Waals surface area contributed by atoms with E-state index in [2.05, 4.69) is 24.6 Å². The Balaban J connectivity index is 1.84. The first-order chi connectivity index (χ1) is 8.83. The van der Waals surface area contributed by atoms with Gasteiger partial charge in [0, 0.05) is 48.9 Å². The minimum Gasteiger partial charge on any atom is -0.344 e. The van der Waals surface area contributed by atoms with Crippen LogP contribution in [0.25, 0.3) is 11.5 Å². The zero-order valence-electron chi connectivity index (χ0n) is 9.64. The van der Waals surface area contributed by atoms with Crippen LogP contribution >= 0.6 is 23.1 Å². The second-order valence-corrected chi connectivity index (χ2v) is 5.16. The maximum atomic E-state index is 5.94. The Bertz CT molecular complexity index is 538. The molecule has 1 N–H and O–H groups in total. The Kier molecular flexibility index (Phi) is 3.40. The summed E-state index contributed by atoms with van der Waals surface area (Å²) in [4.78, 5) is 11.0. The van der Waals surface area contributed by atoms with Crippen LogP contribution < -0.4 is 10.2 Å². The van der Waals surface area contributed by atoms with Gasteiger partial charge in [0.15, 0.2) is 5.82 Å². The first kappa shape index (κ1) is 11.8. The SMILES string of the molecule is Clc1ccnc(-c2nsc(N3CCNCC3)n2)c1. The van der Waals surface area contributed by atoms with Crippen molar-refractivity contribution in [3.05, 3.63) is 23.4 Å². The van der Waals surface area contributed by atoms with Crippen molar-refractivity contribution in [2.75, 3.05) is 31.1 Å². The molecule has 18 heavy (non-hydrogen) atoms. The normalized spacial score (nSPS) is 15.9. The first-order valence-corrected chi connectivity index (χ1v) is 6.89. The number of hydrogen-bond acceptors (Lipinski definition) is 6. The van der Waals surface area contributed by atoms with Crippen LogP contribution in [-0.2, 0) is 0 Å². The van der Waals surface area contributed by atoms with E-state index in [1.54, 1.807) is 18.3 Å². The van der Waals surface area contributed by atoms with Crippen LogP contribution in [0, 0.1) is 0 Å². The molecule has 0 amide bonds. The minimum atomic E-state index is 0.649. The summed E-state index contributed by atoms with van der Waals surface area (Å²) in [7, 11) is 0. The molecule has 0 saturated carbocycles. The molecule has 3 heterocycles. The molecule has 0 unspecified atom stereocenters. The van der Waals surface area contributed by atoms with Crippen molar-refractivity contribution in [1.82, 2.24) is 19.7 Å². The zero-order chi connectivity index (χ0) is 12.4. The monoisotopic (exact) mass is 281 g/mol. The molecule has 1 fully saturated rings. The minimum absolute atomic E-state index is 0.649. The quantitative estimate of drug-likeness (QED) is 0.907. The van der Waals surface area contributed by atoms with Crippen molar-refractivity contribution in [3.63, 3.8) is 0 Å². The van der Waals surface area contributed by atoms with Gasteiger partial charge in [-0.05, 0) is 12.1 Å². The number of rotatable bonds is 2. The van der Waals surface area contributed by atoms with Crippen LogP contribution in [0.5, 0.6) is 0 Å². The van der Waals surface area contributed by atoms with Crippen LogP contribution in [0.2, 0.25) is 5.02 Å². The number of nitrogens with one attached hydrogen (secondary N) is 1. The van der Waals surface area contributed by atoms with E-state index in [0.29, 0.717) is 10.8 Å². The Morgan fingerprint density at radius 1 is 1.33 bits per heavy atom. The molecule has 1 aliphatic heterocycles. The van der Waals surface area contributed by atoms with Gasteiger partial charge in [-0.15, -0.1) is 0 Å². The van der Waals surface area contributed by atoms with Gasteiger partial charge in [0.1, 0.15) is 5.69 Å². The third kappa shape index (κ3) is 2.45. The molecule has 7 heteroatoms. The molecule has 0 aliphatic carbocycles. The number of hydrogen-bond donors (Lipinski definition) is 1. The Labute approximate surface area is 114 Å². The summed E-state index contributed by atoms with van der Waals surface area (Å²) in [5, 5.41) is 4.92. The highest BCUT2D eigenvalue weighted by atomic mass is 35.5. The van der Waals surface area contributed by atoms with Gasteiger partial charge in [0.2, 0.25) is 5.13 Å². The molecule has 0 spiro atoms. The maximum absolute atomic E-state index is 5.94. The van der Waals surface area contributed by atoms with E-state index in [-0.39, 0.29) is 0 Å². The average Bonchev–Trinajstić information content (AvgIpc) is 2.89. The van der Waals surface area contributed by atoms with E-state index in [1.807, 2.05) is 0 Å². The highest BCUT2D eigenvalue weighted by Gasteiger charge is 2.16. The van der Waals surface area contributed by atoms with E-state index in [9.17, 15) is 0 Å². The highest BCUT2D eigenvalue weighted by Crippen LogP contribution is 2.24. The number of pyridine rings is 1. The molecule has 0 radical (unpaired) electrons. The fourth-order valence-electron chi connectivity index (χ4n) is 1.83. The van der Waals surface area contributed by atoms with Crippen LogP contribution in [0.15, 0.2) is 18.3 Å². The fourth-order valence-corrected chi connectivity index (χ4v) is 2.72. The van der Waals surface area contributed by atoms with Gasteiger partial charge >= 0.3 is 0 Å². The largest absolute Gasteiger partial charge is 0.344 e. The Morgan fingerprint density at radius 2 is 2.17 bits per heavy atom. The third-order valence-corrected chi connectivity index (χ3v) is 3.77. The van der Waals surface area contributed by atoms with E-state index in [4.69, 9.17) is 11.6 Å². The first-order valence-electron chi connectivity index (χ1n) is 5.74. The second kappa shape index (κ2) is 5.17. The molecule has 3 rings (SSSR count). The van der Waals surface area contributed by atoms with Gasteiger partial charge in [-0.2, -0.15) is 9.36 Å². The molecule has 1 aliphatic rings. The van der Waals surface area contributed by atoms with E-state index in [0.717, 1.165) is 37.0 Å². The van der Waals surface area contributed by atoms with Crippen molar-refractivity contribution >= 4 is 28.3 Å².